The molecule has 14 nitrogen and oxygen atoms in total. The molecule has 4 amide bonds. The molecule has 50 heavy (non-hydrogen) atoms. The van der Waals surface area contributed by atoms with Crippen LogP contribution in [-0.4, -0.2) is 93.1 Å². The molecule has 0 unspecified atom stereocenters. The lowest BCUT2D eigenvalue weighted by molar-refractivity contribution is -0.136. The van der Waals surface area contributed by atoms with E-state index in [1.807, 2.05) is 61.8 Å². The fourth-order valence-corrected chi connectivity index (χ4v) is 6.99. The van der Waals surface area contributed by atoms with Crippen LogP contribution in [0.2, 0.25) is 0 Å². The highest BCUT2D eigenvalue weighted by molar-refractivity contribution is 5.87. The Morgan fingerprint density at radius 2 is 1.06 bits per heavy atom. The number of benzene rings is 1. The van der Waals surface area contributed by atoms with Gasteiger partial charge in [-0.2, -0.15) is 0 Å². The first-order valence-electron chi connectivity index (χ1n) is 17.3. The van der Waals surface area contributed by atoms with Gasteiger partial charge in [0.1, 0.15) is 23.7 Å². The maximum atomic E-state index is 13.6. The van der Waals surface area contributed by atoms with Crippen molar-refractivity contribution in [2.75, 3.05) is 27.3 Å². The summed E-state index contributed by atoms with van der Waals surface area (Å²) in [6.07, 6.45) is 3.81. The van der Waals surface area contributed by atoms with E-state index in [2.05, 4.69) is 44.4 Å². The Morgan fingerprint density at radius 1 is 0.700 bits per heavy atom. The standard InChI is InChI=1S/C36H50N8O6/c1-19(2)29(41-35(47)49-7)33(45)43-17-21(5)13-27(43)31-37-15-25(39-31)23-9-11-24(12-10-23)26-16-38-32(40-26)28-14-22(6)18-44(28)34(46)30(20(3)4)42-36(48)50-8/h9-12,15-16,19-22,27-30H,13-14,17-18H2,1-8H3,(H,37,39)(H,38,40)(H,41,47)(H,42,48)/t21-,22-,27-,28-,29-,30+/m0/s1. The smallest absolute Gasteiger partial charge is 0.407 e. The van der Waals surface area contributed by atoms with E-state index in [4.69, 9.17) is 9.47 Å². The molecule has 2 saturated heterocycles. The van der Waals surface area contributed by atoms with Gasteiger partial charge in [0, 0.05) is 13.1 Å². The number of nitrogens with zero attached hydrogens (tertiary/aromatic N) is 4. The molecule has 6 atom stereocenters. The number of nitrogens with one attached hydrogen (secondary N) is 4. The van der Waals surface area contributed by atoms with Crippen LogP contribution in [0.4, 0.5) is 9.59 Å². The van der Waals surface area contributed by atoms with Crippen molar-refractivity contribution in [3.05, 3.63) is 48.3 Å². The number of aromatic nitrogens is 4. The van der Waals surface area contributed by atoms with Gasteiger partial charge >= 0.3 is 12.2 Å². The number of carbonyl (C=O) groups is 4. The molecular formula is C36H50N8O6. The molecule has 4 heterocycles. The number of likely N-dealkylation sites (tertiary alicyclic amines) is 2. The first-order chi connectivity index (χ1) is 23.8. The highest BCUT2D eigenvalue weighted by Gasteiger charge is 2.41. The zero-order chi connectivity index (χ0) is 36.3. The second-order valence-electron chi connectivity index (χ2n) is 14.4. The number of imidazole rings is 2. The van der Waals surface area contributed by atoms with Crippen molar-refractivity contribution < 1.29 is 28.7 Å². The lowest BCUT2D eigenvalue weighted by atomic mass is 10.0. The summed E-state index contributed by atoms with van der Waals surface area (Å²) in [5.74, 6) is 1.40. The first-order valence-corrected chi connectivity index (χ1v) is 17.3. The Kier molecular flexibility index (Phi) is 11.2. The molecule has 5 rings (SSSR count). The molecule has 0 spiro atoms. The zero-order valence-electron chi connectivity index (χ0n) is 30.1. The van der Waals surface area contributed by atoms with Gasteiger partial charge in [-0.1, -0.05) is 65.8 Å². The summed E-state index contributed by atoms with van der Waals surface area (Å²) in [5.41, 5.74) is 3.52. The van der Waals surface area contributed by atoms with Gasteiger partial charge in [0.25, 0.3) is 0 Å². The van der Waals surface area contributed by atoms with E-state index in [1.165, 1.54) is 14.2 Å². The van der Waals surface area contributed by atoms with E-state index in [0.29, 0.717) is 24.7 Å². The van der Waals surface area contributed by atoms with Crippen LogP contribution in [0.3, 0.4) is 0 Å². The predicted molar refractivity (Wildman–Crippen MR) is 186 cm³/mol. The number of hydrogen-bond acceptors (Lipinski definition) is 8. The van der Waals surface area contributed by atoms with Gasteiger partial charge in [-0.3, -0.25) is 9.59 Å². The molecule has 2 fully saturated rings. The van der Waals surface area contributed by atoms with Gasteiger partial charge in [-0.25, -0.2) is 19.6 Å². The number of rotatable bonds is 10. The summed E-state index contributed by atoms with van der Waals surface area (Å²) in [5, 5.41) is 5.39. The SMILES string of the molecule is COC(=O)N[C@H](C(=O)N1C[C@@H](C)C[C@H]1c1ncc(-c2ccc(-c3cnc([C@@H]4C[C@H](C)CN4C(=O)[C@H](NC(=O)OC)C(C)C)[nH]3)cc2)[nH]1)C(C)C. The number of carbonyl (C=O) groups excluding carboxylic acids is 4. The minimum atomic E-state index is -0.707. The number of methoxy groups -OCH3 is 2. The average Bonchev–Trinajstić information content (AvgIpc) is 3.91. The highest BCUT2D eigenvalue weighted by Crippen LogP contribution is 2.37. The highest BCUT2D eigenvalue weighted by atomic mass is 16.5. The van der Waals surface area contributed by atoms with Crippen LogP contribution in [0, 0.1) is 23.7 Å². The topological polar surface area (TPSA) is 175 Å². The maximum absolute atomic E-state index is 13.6. The van der Waals surface area contributed by atoms with Crippen molar-refractivity contribution in [1.82, 2.24) is 40.4 Å². The van der Waals surface area contributed by atoms with E-state index in [0.717, 1.165) is 35.4 Å². The van der Waals surface area contributed by atoms with Crippen LogP contribution in [0.25, 0.3) is 22.5 Å². The average molecular weight is 691 g/mol. The first kappa shape index (κ1) is 36.4. The van der Waals surface area contributed by atoms with Gasteiger partial charge in [-0.05, 0) is 47.6 Å². The number of amides is 4. The van der Waals surface area contributed by atoms with Crippen LogP contribution in [0.1, 0.15) is 78.1 Å². The fourth-order valence-electron chi connectivity index (χ4n) is 6.99. The Labute approximate surface area is 293 Å². The number of ether oxygens (including phenoxy) is 2. The molecule has 14 heteroatoms. The van der Waals surface area contributed by atoms with E-state index in [9.17, 15) is 19.2 Å². The van der Waals surface area contributed by atoms with Crippen molar-refractivity contribution in [1.29, 1.82) is 0 Å². The van der Waals surface area contributed by atoms with Crippen LogP contribution < -0.4 is 10.6 Å². The van der Waals surface area contributed by atoms with E-state index < -0.39 is 24.3 Å². The van der Waals surface area contributed by atoms with Gasteiger partial charge < -0.3 is 39.9 Å². The second-order valence-corrected chi connectivity index (χ2v) is 14.4. The molecule has 2 aromatic heterocycles. The quantitative estimate of drug-likeness (QED) is 0.229. The Hall–Kier alpha value is -4.88. The van der Waals surface area contributed by atoms with E-state index in [1.54, 1.807) is 12.4 Å². The molecule has 1 aromatic carbocycles. The Bertz CT molecular complexity index is 1550. The summed E-state index contributed by atoms with van der Waals surface area (Å²) >= 11 is 0. The molecule has 0 saturated carbocycles. The lowest BCUT2D eigenvalue weighted by Gasteiger charge is -2.30. The van der Waals surface area contributed by atoms with Crippen molar-refractivity contribution in [3.8, 4) is 22.5 Å². The number of aromatic amines is 2. The summed E-state index contributed by atoms with van der Waals surface area (Å²) in [4.78, 5) is 71.1. The van der Waals surface area contributed by atoms with Gasteiger partial charge in [0.2, 0.25) is 11.8 Å². The predicted octanol–water partition coefficient (Wildman–Crippen LogP) is 5.05. The van der Waals surface area contributed by atoms with Crippen LogP contribution in [-0.2, 0) is 19.1 Å². The molecule has 3 aromatic rings. The van der Waals surface area contributed by atoms with Gasteiger partial charge in [0.05, 0.1) is 50.1 Å². The Morgan fingerprint density at radius 3 is 1.38 bits per heavy atom. The molecular weight excluding hydrogens is 640 g/mol. The lowest BCUT2D eigenvalue weighted by Crippen LogP contribution is -2.51. The number of H-pyrrole nitrogens is 2. The maximum Gasteiger partial charge on any atom is 0.407 e. The fraction of sp³-hybridized carbons (Fsp3) is 0.556. The molecule has 0 aliphatic carbocycles. The second kappa shape index (κ2) is 15.3. The third-order valence-corrected chi connectivity index (χ3v) is 9.70. The van der Waals surface area contributed by atoms with E-state index >= 15 is 0 Å². The van der Waals surface area contributed by atoms with Gasteiger partial charge in [-0.15, -0.1) is 0 Å². The van der Waals surface area contributed by atoms with Crippen molar-refractivity contribution in [3.63, 3.8) is 0 Å². The minimum Gasteiger partial charge on any atom is -0.453 e. The molecule has 4 N–H and O–H groups in total. The molecule has 0 bridgehead atoms. The largest absolute Gasteiger partial charge is 0.453 e. The van der Waals surface area contributed by atoms with Crippen molar-refractivity contribution in [2.24, 2.45) is 23.7 Å². The summed E-state index contributed by atoms with van der Waals surface area (Å²) in [6.45, 7) is 12.9. The van der Waals surface area contributed by atoms with Crippen LogP contribution in [0.15, 0.2) is 36.7 Å². The van der Waals surface area contributed by atoms with E-state index in [-0.39, 0.29) is 47.6 Å². The third kappa shape index (κ3) is 7.79. The van der Waals surface area contributed by atoms with Crippen LogP contribution >= 0.6 is 0 Å². The molecule has 270 valence electrons. The summed E-state index contributed by atoms with van der Waals surface area (Å²) < 4.78 is 9.52. The molecule has 2 aliphatic rings. The van der Waals surface area contributed by atoms with Crippen LogP contribution in [0.5, 0.6) is 0 Å². The zero-order valence-corrected chi connectivity index (χ0v) is 30.1. The van der Waals surface area contributed by atoms with Crippen molar-refractivity contribution in [2.45, 2.75) is 78.6 Å². The normalized spacial score (nSPS) is 21.7. The summed E-state index contributed by atoms with van der Waals surface area (Å²) in [7, 11) is 2.57. The number of alkyl carbamates (subject to hydrolysis) is 2. The number of hydrogen-bond donors (Lipinski definition) is 4. The monoisotopic (exact) mass is 690 g/mol. The molecule has 2 aliphatic heterocycles. The molecule has 0 radical (unpaired) electrons. The summed E-state index contributed by atoms with van der Waals surface area (Å²) in [6, 6.07) is 6.10. The van der Waals surface area contributed by atoms with Gasteiger partial charge in [0.15, 0.2) is 0 Å². The third-order valence-electron chi connectivity index (χ3n) is 9.70. The Balaban J connectivity index is 1.30. The minimum absolute atomic E-state index is 0.120. The van der Waals surface area contributed by atoms with Crippen molar-refractivity contribution >= 4 is 24.0 Å².